The Balaban J connectivity index is 1.60. The molecule has 0 fully saturated rings. The summed E-state index contributed by atoms with van der Waals surface area (Å²) in [5.74, 6) is 1.59. The highest BCUT2D eigenvalue weighted by atomic mass is 35.5. The maximum Gasteiger partial charge on any atom is 0.338 e. The van der Waals surface area contributed by atoms with E-state index in [4.69, 9.17) is 26.2 Å². The first-order valence-electron chi connectivity index (χ1n) is 11.6. The van der Waals surface area contributed by atoms with Crippen molar-refractivity contribution in [2.24, 2.45) is 0 Å². The van der Waals surface area contributed by atoms with Crippen molar-refractivity contribution >= 4 is 35.3 Å². The minimum atomic E-state index is -0.477. The molecule has 1 aliphatic rings. The Hall–Kier alpha value is -2.97. The van der Waals surface area contributed by atoms with E-state index in [1.807, 2.05) is 55.5 Å². The van der Waals surface area contributed by atoms with Crippen molar-refractivity contribution in [3.05, 3.63) is 76.0 Å². The van der Waals surface area contributed by atoms with E-state index in [-0.39, 0.29) is 0 Å². The molecular weight excluding hydrogens is 484 g/mol. The highest BCUT2D eigenvalue weighted by Gasteiger charge is 2.35. The molecule has 9 heteroatoms. The molecule has 1 aromatic heterocycles. The number of esters is 1. The summed E-state index contributed by atoms with van der Waals surface area (Å²) < 4.78 is 12.7. The average Bonchev–Trinajstić information content (AvgIpc) is 3.27. The van der Waals surface area contributed by atoms with E-state index in [0.717, 1.165) is 36.1 Å². The second kappa shape index (κ2) is 11.6. The van der Waals surface area contributed by atoms with Gasteiger partial charge in [-0.3, -0.25) is 0 Å². The van der Waals surface area contributed by atoms with Crippen molar-refractivity contribution in [1.82, 2.24) is 14.8 Å². The van der Waals surface area contributed by atoms with Crippen LogP contribution in [0.2, 0.25) is 5.02 Å². The molecule has 3 aromatic rings. The molecule has 1 unspecified atom stereocenters. The van der Waals surface area contributed by atoms with E-state index in [1.165, 1.54) is 18.9 Å². The number of thioether (sulfide) groups is 1. The highest BCUT2D eigenvalue weighted by molar-refractivity contribution is 7.98. The Labute approximate surface area is 214 Å². The molecule has 1 aliphatic heterocycles. The molecule has 35 heavy (non-hydrogen) atoms. The van der Waals surface area contributed by atoms with Crippen LogP contribution in [0.25, 0.3) is 0 Å². The van der Waals surface area contributed by atoms with Crippen LogP contribution in [0.4, 0.5) is 5.95 Å². The molecule has 0 bridgehead atoms. The van der Waals surface area contributed by atoms with Gasteiger partial charge in [-0.2, -0.15) is 4.98 Å². The molecule has 0 amide bonds. The zero-order valence-electron chi connectivity index (χ0n) is 20.1. The van der Waals surface area contributed by atoms with Crippen LogP contribution in [0.3, 0.4) is 0 Å². The van der Waals surface area contributed by atoms with Crippen molar-refractivity contribution in [1.29, 1.82) is 0 Å². The Morgan fingerprint density at radius 3 is 2.66 bits per heavy atom. The number of nitrogens with zero attached hydrogens (tertiary/aromatic N) is 3. The number of ether oxygens (including phenoxy) is 2. The number of allylic oxidation sites excluding steroid dienone is 1. The summed E-state index contributed by atoms with van der Waals surface area (Å²) in [6, 6.07) is 15.0. The van der Waals surface area contributed by atoms with Crippen LogP contribution in [0.5, 0.6) is 5.75 Å². The fraction of sp³-hybridized carbons (Fsp3) is 0.346. The van der Waals surface area contributed by atoms with Gasteiger partial charge >= 0.3 is 5.97 Å². The summed E-state index contributed by atoms with van der Waals surface area (Å²) >= 11 is 7.79. The molecule has 1 N–H and O–H groups in total. The summed E-state index contributed by atoms with van der Waals surface area (Å²) in [4.78, 5) is 17.4. The Morgan fingerprint density at radius 1 is 1.17 bits per heavy atom. The van der Waals surface area contributed by atoms with Gasteiger partial charge in [0.1, 0.15) is 11.8 Å². The van der Waals surface area contributed by atoms with Crippen LogP contribution in [0.15, 0.2) is 65.0 Å². The predicted octanol–water partition coefficient (Wildman–Crippen LogP) is 6.25. The smallest absolute Gasteiger partial charge is 0.338 e. The van der Waals surface area contributed by atoms with Gasteiger partial charge in [0, 0.05) is 16.5 Å². The number of halogens is 1. The first-order valence-corrected chi connectivity index (χ1v) is 13.0. The molecule has 184 valence electrons. The lowest BCUT2D eigenvalue weighted by Gasteiger charge is -2.27. The summed E-state index contributed by atoms with van der Waals surface area (Å²) in [6.07, 6.45) is 3.32. The normalized spacial score (nSPS) is 14.9. The number of nitrogens with one attached hydrogen (secondary N) is 1. The molecule has 0 spiro atoms. The third kappa shape index (κ3) is 5.82. The zero-order valence-corrected chi connectivity index (χ0v) is 21.7. The van der Waals surface area contributed by atoms with Gasteiger partial charge in [0.15, 0.2) is 0 Å². The number of fused-ring (bicyclic) bond motifs is 1. The molecule has 2 aromatic carbocycles. The van der Waals surface area contributed by atoms with Crippen molar-refractivity contribution < 1.29 is 14.3 Å². The number of aromatic nitrogens is 3. The van der Waals surface area contributed by atoms with Crippen LogP contribution in [-0.2, 0) is 15.3 Å². The van der Waals surface area contributed by atoms with Gasteiger partial charge < -0.3 is 14.8 Å². The molecule has 1 atom stereocenters. The number of hydrogen-bond acceptors (Lipinski definition) is 7. The largest absolute Gasteiger partial charge is 0.494 e. The lowest BCUT2D eigenvalue weighted by atomic mass is 9.96. The van der Waals surface area contributed by atoms with Gasteiger partial charge in [-0.25, -0.2) is 9.48 Å². The second-order valence-corrected chi connectivity index (χ2v) is 9.57. The van der Waals surface area contributed by atoms with Crippen LogP contribution >= 0.6 is 23.4 Å². The van der Waals surface area contributed by atoms with Crippen molar-refractivity contribution in [2.75, 3.05) is 19.0 Å². The molecule has 4 rings (SSSR count). The van der Waals surface area contributed by atoms with Crippen LogP contribution in [-0.4, -0.2) is 34.5 Å². The molecule has 7 nitrogen and oxygen atoms in total. The average molecular weight is 513 g/mol. The number of benzene rings is 2. The number of anilines is 1. The fourth-order valence-electron chi connectivity index (χ4n) is 3.92. The molecule has 0 radical (unpaired) electrons. The van der Waals surface area contributed by atoms with E-state index >= 15 is 0 Å². The summed E-state index contributed by atoms with van der Waals surface area (Å²) in [5.41, 5.74) is 3.07. The first-order chi connectivity index (χ1) is 17.0. The Bertz CT molecular complexity index is 1210. The third-order valence-corrected chi connectivity index (χ3v) is 7.02. The van der Waals surface area contributed by atoms with E-state index in [1.54, 1.807) is 4.68 Å². The van der Waals surface area contributed by atoms with Crippen LogP contribution in [0, 0.1) is 0 Å². The summed E-state index contributed by atoms with van der Waals surface area (Å²) in [6.45, 7) is 4.70. The molecule has 0 aliphatic carbocycles. The minimum absolute atomic E-state index is 0.411. The molecular formula is C26H29ClN4O3S. The first kappa shape index (κ1) is 25.1. The maximum atomic E-state index is 12.8. The van der Waals surface area contributed by atoms with Gasteiger partial charge in [0.05, 0.1) is 19.3 Å². The summed E-state index contributed by atoms with van der Waals surface area (Å²) in [5, 5.41) is 9.25. The second-order valence-electron chi connectivity index (χ2n) is 8.23. The number of carbonyl (C=O) groups excluding carboxylic acids is 1. The van der Waals surface area contributed by atoms with Gasteiger partial charge in [-0.05, 0) is 42.7 Å². The lowest BCUT2D eigenvalue weighted by Crippen LogP contribution is -2.29. The molecule has 0 saturated heterocycles. The van der Waals surface area contributed by atoms with Crippen molar-refractivity contribution in [3.8, 4) is 5.75 Å². The number of rotatable bonds is 10. The predicted molar refractivity (Wildman–Crippen MR) is 139 cm³/mol. The number of hydrogen-bond donors (Lipinski definition) is 1. The number of unbranched alkanes of at least 4 members (excludes halogenated alkanes) is 2. The third-order valence-electron chi connectivity index (χ3n) is 5.77. The SMILES string of the molecule is CCCCCOc1ccc(C2C(C(=O)OC)=C(C)Nc3nc(SCc4ccccc4Cl)nn32)cc1. The van der Waals surface area contributed by atoms with Crippen molar-refractivity contribution in [3.63, 3.8) is 0 Å². The van der Waals surface area contributed by atoms with E-state index in [0.29, 0.717) is 39.8 Å². The highest BCUT2D eigenvalue weighted by Crippen LogP contribution is 2.37. The maximum absolute atomic E-state index is 12.8. The van der Waals surface area contributed by atoms with E-state index in [2.05, 4.69) is 17.2 Å². The van der Waals surface area contributed by atoms with Crippen LogP contribution in [0.1, 0.15) is 50.3 Å². The standard InChI is InChI=1S/C26H29ClN4O3S/c1-4-5-8-15-34-20-13-11-18(12-14-20)23-22(24(32)33-3)17(2)28-25-29-26(30-31(23)25)35-16-19-9-6-7-10-21(19)27/h6-7,9-14,23H,4-5,8,15-16H2,1-3H3,(H,28,29,30). The van der Waals surface area contributed by atoms with Crippen molar-refractivity contribution in [2.45, 2.75) is 50.1 Å². The fourth-order valence-corrected chi connectivity index (χ4v) is 5.04. The molecule has 0 saturated carbocycles. The van der Waals surface area contributed by atoms with Gasteiger partial charge in [-0.15, -0.1) is 5.10 Å². The summed E-state index contributed by atoms with van der Waals surface area (Å²) in [7, 11) is 1.38. The van der Waals surface area contributed by atoms with E-state index in [9.17, 15) is 4.79 Å². The number of methoxy groups -OCH3 is 1. The number of carbonyl (C=O) groups is 1. The van der Waals surface area contributed by atoms with E-state index < -0.39 is 12.0 Å². The lowest BCUT2D eigenvalue weighted by molar-refractivity contribution is -0.136. The topological polar surface area (TPSA) is 78.3 Å². The minimum Gasteiger partial charge on any atom is -0.494 e. The zero-order chi connectivity index (χ0) is 24.8. The van der Waals surface area contributed by atoms with Gasteiger partial charge in [0.25, 0.3) is 0 Å². The Kier molecular flexibility index (Phi) is 8.36. The quantitative estimate of drug-likeness (QED) is 0.195. The monoisotopic (exact) mass is 512 g/mol. The van der Waals surface area contributed by atoms with Gasteiger partial charge in [-0.1, -0.05) is 73.5 Å². The van der Waals surface area contributed by atoms with Crippen LogP contribution < -0.4 is 10.1 Å². The molecule has 2 heterocycles. The van der Waals surface area contributed by atoms with Gasteiger partial charge in [0.2, 0.25) is 11.1 Å². The Morgan fingerprint density at radius 2 is 1.94 bits per heavy atom.